The highest BCUT2D eigenvalue weighted by Gasteiger charge is 2.29. The maximum Gasteiger partial charge on any atom is 0.184 e. The summed E-state index contributed by atoms with van der Waals surface area (Å²) in [5.74, 6) is 3.42. The molecule has 5 rings (SSSR count). The Morgan fingerprint density at radius 3 is 2.03 bits per heavy atom. The molecule has 206 valence electrons. The second-order valence-electron chi connectivity index (χ2n) is 9.53. The fourth-order valence-electron chi connectivity index (χ4n) is 5.17. The minimum absolute atomic E-state index is 0.164. The van der Waals surface area contributed by atoms with Gasteiger partial charge in [-0.05, 0) is 37.1 Å². The van der Waals surface area contributed by atoms with Gasteiger partial charge in [0.15, 0.2) is 17.0 Å². The van der Waals surface area contributed by atoms with Crippen LogP contribution in [0.3, 0.4) is 0 Å². The molecule has 2 unspecified atom stereocenters. The van der Waals surface area contributed by atoms with Crippen LogP contribution in [-0.2, 0) is 13.1 Å². The van der Waals surface area contributed by atoms with Gasteiger partial charge in [-0.3, -0.25) is 0 Å². The lowest BCUT2D eigenvalue weighted by atomic mass is 9.93. The van der Waals surface area contributed by atoms with Gasteiger partial charge in [0.05, 0.1) is 40.6 Å². The summed E-state index contributed by atoms with van der Waals surface area (Å²) in [6.45, 7) is 0.904. The van der Waals surface area contributed by atoms with Gasteiger partial charge >= 0.3 is 0 Å². The third-order valence-corrected chi connectivity index (χ3v) is 7.26. The molecule has 0 aliphatic heterocycles. The van der Waals surface area contributed by atoms with Gasteiger partial charge < -0.3 is 29.0 Å². The molecule has 0 radical (unpaired) electrons. The molecule has 0 spiro atoms. The summed E-state index contributed by atoms with van der Waals surface area (Å²) < 4.78 is 23.9. The molecule has 2 atom stereocenters. The molecular weight excluding hydrogens is 500 g/mol. The van der Waals surface area contributed by atoms with E-state index in [2.05, 4.69) is 25.2 Å². The number of aliphatic hydroxyl groups is 1. The molecule has 1 fully saturated rings. The van der Waals surface area contributed by atoms with E-state index in [9.17, 15) is 5.11 Å². The minimum atomic E-state index is -0.481. The molecule has 2 heterocycles. The number of benzene rings is 2. The van der Waals surface area contributed by atoms with Crippen LogP contribution in [0.4, 0.5) is 5.82 Å². The summed E-state index contributed by atoms with van der Waals surface area (Å²) in [5.41, 5.74) is 3.04. The van der Waals surface area contributed by atoms with E-state index in [0.29, 0.717) is 53.1 Å². The van der Waals surface area contributed by atoms with E-state index in [0.717, 1.165) is 36.8 Å². The lowest BCUT2D eigenvalue weighted by Crippen LogP contribution is -2.28. The summed E-state index contributed by atoms with van der Waals surface area (Å²) in [4.78, 5) is 11.3. The van der Waals surface area contributed by atoms with Crippen molar-refractivity contribution >= 4 is 17.0 Å². The van der Waals surface area contributed by atoms with Crippen LogP contribution in [0, 0.1) is 0 Å². The molecular formula is C28H34N6O5. The van der Waals surface area contributed by atoms with Crippen LogP contribution >= 0.6 is 0 Å². The van der Waals surface area contributed by atoms with Gasteiger partial charge in [0.1, 0.15) is 29.3 Å². The third-order valence-electron chi connectivity index (χ3n) is 7.26. The fraction of sp³-hybridized carbons (Fsp3) is 0.429. The third kappa shape index (κ3) is 5.40. The zero-order valence-corrected chi connectivity index (χ0v) is 22.7. The van der Waals surface area contributed by atoms with Gasteiger partial charge in [0.2, 0.25) is 0 Å². The molecule has 11 nitrogen and oxygen atoms in total. The molecule has 0 amide bonds. The van der Waals surface area contributed by atoms with Gasteiger partial charge in [0, 0.05) is 36.3 Å². The first-order chi connectivity index (χ1) is 19.1. The first kappa shape index (κ1) is 26.5. The van der Waals surface area contributed by atoms with Gasteiger partial charge in [0.25, 0.3) is 0 Å². The van der Waals surface area contributed by atoms with Crippen molar-refractivity contribution in [2.45, 2.75) is 50.9 Å². The zero-order chi connectivity index (χ0) is 27.4. The fourth-order valence-corrected chi connectivity index (χ4v) is 5.17. The van der Waals surface area contributed by atoms with Gasteiger partial charge in [-0.25, -0.2) is 14.6 Å². The lowest BCUT2D eigenvalue weighted by molar-refractivity contribution is 0.0703. The van der Waals surface area contributed by atoms with Crippen molar-refractivity contribution in [3.63, 3.8) is 0 Å². The van der Waals surface area contributed by atoms with Crippen molar-refractivity contribution in [2.75, 3.05) is 33.3 Å². The van der Waals surface area contributed by atoms with Crippen molar-refractivity contribution in [1.82, 2.24) is 25.0 Å². The number of hydrogen-bond acceptors (Lipinski definition) is 10. The first-order valence-electron chi connectivity index (χ1n) is 13.0. The molecule has 1 saturated carbocycles. The Kier molecular flexibility index (Phi) is 7.97. The normalized spacial score (nSPS) is 17.2. The minimum Gasteiger partial charge on any atom is -0.497 e. The molecule has 1 N–H and O–H groups in total. The zero-order valence-electron chi connectivity index (χ0n) is 22.7. The summed E-state index contributed by atoms with van der Waals surface area (Å²) in [7, 11) is 6.53. The van der Waals surface area contributed by atoms with Crippen LogP contribution in [0.25, 0.3) is 11.2 Å². The van der Waals surface area contributed by atoms with E-state index >= 15 is 0 Å². The number of hydrogen-bond donors (Lipinski definition) is 1. The number of aliphatic hydroxyl groups excluding tert-OH is 1. The highest BCUT2D eigenvalue weighted by atomic mass is 16.5. The predicted octanol–water partition coefficient (Wildman–Crippen LogP) is 3.94. The summed E-state index contributed by atoms with van der Waals surface area (Å²) in [5, 5.41) is 19.6. The molecule has 0 saturated heterocycles. The number of nitrogens with zero attached hydrogens (tertiary/aromatic N) is 6. The van der Waals surface area contributed by atoms with Crippen LogP contribution in [0.5, 0.6) is 23.0 Å². The van der Waals surface area contributed by atoms with Crippen molar-refractivity contribution in [2.24, 2.45) is 0 Å². The van der Waals surface area contributed by atoms with Crippen molar-refractivity contribution in [3.05, 3.63) is 53.9 Å². The highest BCUT2D eigenvalue weighted by Crippen LogP contribution is 2.34. The van der Waals surface area contributed by atoms with Crippen molar-refractivity contribution in [3.8, 4) is 23.0 Å². The van der Waals surface area contributed by atoms with E-state index in [1.54, 1.807) is 33.1 Å². The standard InChI is InChI=1S/C28H34N6O5/c1-36-20-11-9-18(24(13-20)38-3)15-33(16-19-10-12-21(37-2)14-25(19)39-4)27-26-28(30-17-29-27)34(32-31-26)22-7-5-6-8-23(22)35/h9-14,17,22-23,35H,5-8,15-16H2,1-4H3. The van der Waals surface area contributed by atoms with Gasteiger partial charge in [-0.1, -0.05) is 18.1 Å². The van der Waals surface area contributed by atoms with Crippen LogP contribution in [0.15, 0.2) is 42.7 Å². The number of fused-ring (bicyclic) bond motifs is 1. The monoisotopic (exact) mass is 534 g/mol. The highest BCUT2D eigenvalue weighted by molar-refractivity contribution is 5.82. The van der Waals surface area contributed by atoms with Gasteiger partial charge in [-0.2, -0.15) is 0 Å². The Balaban J connectivity index is 1.59. The first-order valence-corrected chi connectivity index (χ1v) is 13.0. The quantitative estimate of drug-likeness (QED) is 0.321. The molecule has 2 aromatic carbocycles. The largest absolute Gasteiger partial charge is 0.497 e. The molecule has 39 heavy (non-hydrogen) atoms. The van der Waals surface area contributed by atoms with Crippen LogP contribution in [0.2, 0.25) is 0 Å². The Bertz CT molecular complexity index is 1370. The Morgan fingerprint density at radius 1 is 0.846 bits per heavy atom. The lowest BCUT2D eigenvalue weighted by Gasteiger charge is -2.28. The molecule has 0 bridgehead atoms. The second-order valence-corrected chi connectivity index (χ2v) is 9.53. The Labute approximate surface area is 227 Å². The average Bonchev–Trinajstić information content (AvgIpc) is 3.41. The number of rotatable bonds is 10. The van der Waals surface area contributed by atoms with Crippen molar-refractivity contribution < 1.29 is 24.1 Å². The van der Waals surface area contributed by atoms with Crippen LogP contribution < -0.4 is 23.8 Å². The SMILES string of the molecule is COc1ccc(CN(Cc2ccc(OC)cc2OC)c2ncnc3c2nnn3C2CCCCC2O)c(OC)c1. The molecule has 11 heteroatoms. The molecule has 2 aromatic heterocycles. The second kappa shape index (κ2) is 11.7. The average molecular weight is 535 g/mol. The molecule has 1 aliphatic rings. The number of aromatic nitrogens is 5. The van der Waals surface area contributed by atoms with Crippen molar-refractivity contribution in [1.29, 1.82) is 0 Å². The summed E-state index contributed by atoms with van der Waals surface area (Å²) in [6.07, 6.45) is 4.65. The van der Waals surface area contributed by atoms with E-state index in [1.165, 1.54) is 6.33 Å². The smallest absolute Gasteiger partial charge is 0.184 e. The van der Waals surface area contributed by atoms with E-state index in [-0.39, 0.29) is 6.04 Å². The number of ether oxygens (including phenoxy) is 4. The Morgan fingerprint density at radius 2 is 1.46 bits per heavy atom. The van der Waals surface area contributed by atoms with Crippen LogP contribution in [-0.4, -0.2) is 64.6 Å². The summed E-state index contributed by atoms with van der Waals surface area (Å²) >= 11 is 0. The number of methoxy groups -OCH3 is 4. The maximum atomic E-state index is 10.7. The maximum absolute atomic E-state index is 10.7. The Hall–Kier alpha value is -4.12. The van der Waals surface area contributed by atoms with E-state index in [4.69, 9.17) is 18.9 Å². The molecule has 4 aromatic rings. The number of anilines is 1. The van der Waals surface area contributed by atoms with E-state index < -0.39 is 6.10 Å². The van der Waals surface area contributed by atoms with Gasteiger partial charge in [-0.15, -0.1) is 5.10 Å². The van der Waals surface area contributed by atoms with Crippen LogP contribution in [0.1, 0.15) is 42.9 Å². The van der Waals surface area contributed by atoms with E-state index in [1.807, 2.05) is 36.4 Å². The predicted molar refractivity (Wildman–Crippen MR) is 146 cm³/mol. The topological polar surface area (TPSA) is 117 Å². The summed E-state index contributed by atoms with van der Waals surface area (Å²) in [6, 6.07) is 11.3. The molecule has 1 aliphatic carbocycles.